The molecule has 20 heavy (non-hydrogen) atoms. The normalized spacial score (nSPS) is 13.8. The molecule has 0 bridgehead atoms. The van der Waals surface area contributed by atoms with Gasteiger partial charge in [-0.3, -0.25) is 0 Å². The molecule has 1 aliphatic heterocycles. The minimum absolute atomic E-state index is 0.0886. The molecule has 0 saturated carbocycles. The van der Waals surface area contributed by atoms with Crippen molar-refractivity contribution in [2.24, 2.45) is 11.3 Å². The van der Waals surface area contributed by atoms with E-state index in [-0.39, 0.29) is 5.41 Å². The van der Waals surface area contributed by atoms with Crippen molar-refractivity contribution >= 4 is 0 Å². The molecule has 0 unspecified atom stereocenters. The van der Waals surface area contributed by atoms with Crippen molar-refractivity contribution in [2.45, 2.75) is 27.7 Å². The van der Waals surface area contributed by atoms with Gasteiger partial charge in [0.1, 0.15) is 5.75 Å². The Balaban J connectivity index is 1.81. The first-order valence-electron chi connectivity index (χ1n) is 7.19. The largest absolute Gasteiger partial charge is 0.493 e. The van der Waals surface area contributed by atoms with Crippen LogP contribution in [-0.4, -0.2) is 26.5 Å². The Bertz CT molecular complexity index is 443. The third-order valence-electron chi connectivity index (χ3n) is 3.13. The lowest BCUT2D eigenvalue weighted by Gasteiger charge is -2.25. The van der Waals surface area contributed by atoms with E-state index in [0.29, 0.717) is 19.3 Å². The summed E-state index contributed by atoms with van der Waals surface area (Å²) >= 11 is 0. The Labute approximate surface area is 121 Å². The summed E-state index contributed by atoms with van der Waals surface area (Å²) in [7, 11) is 0. The van der Waals surface area contributed by atoms with Gasteiger partial charge in [0.25, 0.3) is 0 Å². The molecule has 4 nitrogen and oxygen atoms in total. The number of ether oxygens (including phenoxy) is 3. The van der Waals surface area contributed by atoms with E-state index in [4.69, 9.17) is 14.2 Å². The van der Waals surface area contributed by atoms with Crippen LogP contribution in [0.4, 0.5) is 0 Å². The van der Waals surface area contributed by atoms with Gasteiger partial charge in [0.15, 0.2) is 11.5 Å². The van der Waals surface area contributed by atoms with Gasteiger partial charge in [-0.1, -0.05) is 27.7 Å². The second-order valence-electron chi connectivity index (χ2n) is 6.49. The van der Waals surface area contributed by atoms with E-state index in [2.05, 4.69) is 33.0 Å². The third-order valence-corrected chi connectivity index (χ3v) is 3.13. The van der Waals surface area contributed by atoms with Gasteiger partial charge in [-0.15, -0.1) is 0 Å². The van der Waals surface area contributed by atoms with Crippen molar-refractivity contribution in [3.63, 3.8) is 0 Å². The van der Waals surface area contributed by atoms with E-state index >= 15 is 0 Å². The lowest BCUT2D eigenvalue weighted by atomic mass is 9.94. The van der Waals surface area contributed by atoms with E-state index in [1.54, 1.807) is 0 Å². The second kappa shape index (κ2) is 6.35. The highest BCUT2D eigenvalue weighted by Crippen LogP contribution is 2.35. The molecular weight excluding hydrogens is 254 g/mol. The van der Waals surface area contributed by atoms with Crippen molar-refractivity contribution in [3.05, 3.63) is 18.2 Å². The number of benzene rings is 1. The van der Waals surface area contributed by atoms with Crippen LogP contribution >= 0.6 is 0 Å². The smallest absolute Gasteiger partial charge is 0.231 e. The zero-order valence-electron chi connectivity index (χ0n) is 12.9. The molecular formula is C16H25NO3. The number of nitrogens with one attached hydrogen (secondary N) is 1. The summed E-state index contributed by atoms with van der Waals surface area (Å²) in [6, 6.07) is 5.70. The summed E-state index contributed by atoms with van der Waals surface area (Å²) in [4.78, 5) is 0. The van der Waals surface area contributed by atoms with Gasteiger partial charge in [-0.2, -0.15) is 0 Å². The van der Waals surface area contributed by atoms with Gasteiger partial charge in [0.05, 0.1) is 6.61 Å². The highest BCUT2D eigenvalue weighted by atomic mass is 16.7. The minimum atomic E-state index is 0.0886. The predicted octanol–water partition coefficient (Wildman–Crippen LogP) is 3.07. The van der Waals surface area contributed by atoms with Crippen LogP contribution in [-0.2, 0) is 0 Å². The average Bonchev–Trinajstić information content (AvgIpc) is 2.83. The molecule has 1 aromatic rings. The van der Waals surface area contributed by atoms with Gasteiger partial charge in [0, 0.05) is 18.0 Å². The monoisotopic (exact) mass is 279 g/mol. The Hall–Kier alpha value is -1.42. The van der Waals surface area contributed by atoms with Crippen molar-refractivity contribution in [1.29, 1.82) is 0 Å². The molecule has 0 saturated heterocycles. The molecule has 1 N–H and O–H groups in total. The maximum atomic E-state index is 5.88. The van der Waals surface area contributed by atoms with Crippen molar-refractivity contribution in [1.82, 2.24) is 5.32 Å². The number of fused-ring (bicyclic) bond motifs is 1. The lowest BCUT2D eigenvalue weighted by molar-refractivity contribution is 0.170. The van der Waals surface area contributed by atoms with Crippen molar-refractivity contribution in [2.75, 3.05) is 26.5 Å². The quantitative estimate of drug-likeness (QED) is 0.832. The topological polar surface area (TPSA) is 39.7 Å². The zero-order chi connectivity index (χ0) is 14.6. The summed E-state index contributed by atoms with van der Waals surface area (Å²) in [5.74, 6) is 3.04. The van der Waals surface area contributed by atoms with Gasteiger partial charge in [0.2, 0.25) is 6.79 Å². The van der Waals surface area contributed by atoms with Crippen LogP contribution in [0.25, 0.3) is 0 Å². The molecule has 1 aliphatic rings. The molecule has 112 valence electrons. The van der Waals surface area contributed by atoms with Gasteiger partial charge >= 0.3 is 0 Å². The van der Waals surface area contributed by atoms with Crippen LogP contribution in [0, 0.1) is 11.3 Å². The molecule has 1 aromatic carbocycles. The molecule has 0 amide bonds. The third kappa shape index (κ3) is 4.30. The van der Waals surface area contributed by atoms with Gasteiger partial charge in [-0.25, -0.2) is 0 Å². The van der Waals surface area contributed by atoms with E-state index in [0.717, 1.165) is 30.3 Å². The van der Waals surface area contributed by atoms with Crippen LogP contribution < -0.4 is 19.5 Å². The fourth-order valence-corrected chi connectivity index (χ4v) is 2.00. The van der Waals surface area contributed by atoms with Crippen LogP contribution in [0.5, 0.6) is 17.2 Å². The Morgan fingerprint density at radius 2 is 2.00 bits per heavy atom. The first kappa shape index (κ1) is 15.0. The van der Waals surface area contributed by atoms with Crippen LogP contribution in [0.15, 0.2) is 18.2 Å². The number of rotatable bonds is 7. The van der Waals surface area contributed by atoms with E-state index < -0.39 is 0 Å². The van der Waals surface area contributed by atoms with Gasteiger partial charge < -0.3 is 19.5 Å². The Morgan fingerprint density at radius 1 is 1.25 bits per heavy atom. The predicted molar refractivity (Wildman–Crippen MR) is 79.5 cm³/mol. The van der Waals surface area contributed by atoms with Crippen molar-refractivity contribution in [3.8, 4) is 17.2 Å². The molecule has 0 aliphatic carbocycles. The molecule has 4 heteroatoms. The first-order valence-corrected chi connectivity index (χ1v) is 7.19. The van der Waals surface area contributed by atoms with Crippen LogP contribution in [0.1, 0.15) is 27.7 Å². The summed E-state index contributed by atoms with van der Waals surface area (Å²) in [5.41, 5.74) is 0.0886. The molecule has 0 radical (unpaired) electrons. The highest BCUT2D eigenvalue weighted by molar-refractivity contribution is 5.46. The summed E-state index contributed by atoms with van der Waals surface area (Å²) in [6.07, 6.45) is 0. The molecule has 0 fully saturated rings. The standard InChI is InChI=1S/C16H25NO3/c1-12(2)8-17-9-16(3,4)10-18-13-5-6-14-15(7-13)20-11-19-14/h5-7,12,17H,8-11H2,1-4H3. The fourth-order valence-electron chi connectivity index (χ4n) is 2.00. The van der Waals surface area contributed by atoms with E-state index in [9.17, 15) is 0 Å². The van der Waals surface area contributed by atoms with Crippen LogP contribution in [0.3, 0.4) is 0 Å². The molecule has 2 rings (SSSR count). The molecule has 0 atom stereocenters. The minimum Gasteiger partial charge on any atom is -0.493 e. The van der Waals surface area contributed by atoms with Crippen molar-refractivity contribution < 1.29 is 14.2 Å². The molecule has 1 heterocycles. The zero-order valence-corrected chi connectivity index (χ0v) is 12.9. The number of hydrogen-bond acceptors (Lipinski definition) is 4. The van der Waals surface area contributed by atoms with E-state index in [1.807, 2.05) is 18.2 Å². The number of hydrogen-bond donors (Lipinski definition) is 1. The summed E-state index contributed by atoms with van der Waals surface area (Å²) in [5, 5.41) is 3.48. The SMILES string of the molecule is CC(C)CNCC(C)(C)COc1ccc2c(c1)OCO2. The Morgan fingerprint density at radius 3 is 2.75 bits per heavy atom. The maximum Gasteiger partial charge on any atom is 0.231 e. The summed E-state index contributed by atoms with van der Waals surface area (Å²) < 4.78 is 16.5. The van der Waals surface area contributed by atoms with E-state index in [1.165, 1.54) is 0 Å². The first-order chi connectivity index (χ1) is 9.46. The lowest BCUT2D eigenvalue weighted by Crippen LogP contribution is -2.35. The summed E-state index contributed by atoms with van der Waals surface area (Å²) in [6.45, 7) is 11.8. The van der Waals surface area contributed by atoms with Crippen LogP contribution in [0.2, 0.25) is 0 Å². The van der Waals surface area contributed by atoms with Gasteiger partial charge in [-0.05, 0) is 24.6 Å². The fraction of sp³-hybridized carbons (Fsp3) is 0.625. The maximum absolute atomic E-state index is 5.88. The average molecular weight is 279 g/mol. The molecule has 0 spiro atoms. The second-order valence-corrected chi connectivity index (χ2v) is 6.49. The molecule has 0 aromatic heterocycles. The Kier molecular flexibility index (Phi) is 4.76. The highest BCUT2D eigenvalue weighted by Gasteiger charge is 2.20.